The zero-order valence-corrected chi connectivity index (χ0v) is 9.28. The first-order chi connectivity index (χ1) is 5.70. The quantitative estimate of drug-likeness (QED) is 0.474. The summed E-state index contributed by atoms with van der Waals surface area (Å²) in [6.07, 6.45) is 2.46. The van der Waals surface area contributed by atoms with Crippen LogP contribution in [0.15, 0.2) is 17.0 Å². The average molecular weight is 296 g/mol. The molecule has 0 unspecified atom stereocenters. The average Bonchev–Trinajstić information content (AvgIpc) is 2.10. The number of carbonyl (C=O) groups is 1. The third-order valence-corrected chi connectivity index (χ3v) is 3.28. The van der Waals surface area contributed by atoms with Gasteiger partial charge in [-0.15, -0.1) is 11.8 Å². The summed E-state index contributed by atoms with van der Waals surface area (Å²) in [7, 11) is 0. The molecule has 1 aromatic rings. The van der Waals surface area contributed by atoms with Gasteiger partial charge < -0.3 is 0 Å². The van der Waals surface area contributed by atoms with E-state index in [0.29, 0.717) is 20.3 Å². The second-order valence-electron chi connectivity index (χ2n) is 2.10. The summed E-state index contributed by atoms with van der Waals surface area (Å²) < 4.78 is 13.7. The first kappa shape index (κ1) is 9.98. The van der Waals surface area contributed by atoms with E-state index in [1.807, 2.05) is 22.6 Å². The predicted octanol–water partition coefficient (Wildman–Crippen LogP) is 2.96. The van der Waals surface area contributed by atoms with Crippen LogP contribution in [0.5, 0.6) is 0 Å². The van der Waals surface area contributed by atoms with Crippen molar-refractivity contribution in [3.63, 3.8) is 0 Å². The van der Waals surface area contributed by atoms with Crippen molar-refractivity contribution in [1.82, 2.24) is 0 Å². The van der Waals surface area contributed by atoms with Gasteiger partial charge in [0.1, 0.15) is 0 Å². The molecule has 64 valence electrons. The second-order valence-corrected chi connectivity index (χ2v) is 4.03. The summed E-state index contributed by atoms with van der Waals surface area (Å²) in [5.74, 6) is -0.298. The van der Waals surface area contributed by atoms with E-state index in [1.165, 1.54) is 11.8 Å². The molecule has 0 heterocycles. The Morgan fingerprint density at radius 3 is 2.75 bits per heavy atom. The Labute approximate surface area is 87.9 Å². The molecule has 1 aromatic carbocycles. The first-order valence-electron chi connectivity index (χ1n) is 3.18. The molecule has 0 radical (unpaired) electrons. The highest BCUT2D eigenvalue weighted by Crippen LogP contribution is 2.24. The van der Waals surface area contributed by atoms with E-state index >= 15 is 0 Å². The molecular formula is C8H6FIOS. The van der Waals surface area contributed by atoms with Crippen molar-refractivity contribution in [3.05, 3.63) is 27.1 Å². The van der Waals surface area contributed by atoms with Crippen molar-refractivity contribution in [3.8, 4) is 0 Å². The summed E-state index contributed by atoms with van der Waals surface area (Å²) in [4.78, 5) is 11.0. The van der Waals surface area contributed by atoms with Crippen LogP contribution in [0.1, 0.15) is 10.4 Å². The summed E-state index contributed by atoms with van der Waals surface area (Å²) in [5.41, 5.74) is 0.408. The highest BCUT2D eigenvalue weighted by molar-refractivity contribution is 14.1. The van der Waals surface area contributed by atoms with Crippen LogP contribution in [0.25, 0.3) is 0 Å². The Morgan fingerprint density at radius 1 is 1.58 bits per heavy atom. The molecule has 0 spiro atoms. The first-order valence-corrected chi connectivity index (χ1v) is 5.48. The van der Waals surface area contributed by atoms with E-state index in [-0.39, 0.29) is 5.82 Å². The van der Waals surface area contributed by atoms with Crippen molar-refractivity contribution in [2.75, 3.05) is 6.26 Å². The van der Waals surface area contributed by atoms with Gasteiger partial charge in [0.25, 0.3) is 0 Å². The number of aldehydes is 1. The van der Waals surface area contributed by atoms with Crippen molar-refractivity contribution < 1.29 is 9.18 Å². The minimum Gasteiger partial charge on any atom is -0.298 e. The number of hydrogen-bond donors (Lipinski definition) is 0. The van der Waals surface area contributed by atoms with Crippen LogP contribution in [-0.4, -0.2) is 12.5 Å². The van der Waals surface area contributed by atoms with Gasteiger partial charge in [0.15, 0.2) is 12.1 Å². The third kappa shape index (κ3) is 1.80. The maximum atomic E-state index is 13.3. The lowest BCUT2D eigenvalue weighted by atomic mass is 10.2. The summed E-state index contributed by atoms with van der Waals surface area (Å²) in [6, 6.07) is 3.25. The fourth-order valence-corrected chi connectivity index (χ4v) is 2.06. The molecule has 0 amide bonds. The Morgan fingerprint density at radius 2 is 2.25 bits per heavy atom. The van der Waals surface area contributed by atoms with Gasteiger partial charge in [-0.05, 0) is 41.0 Å². The Hall–Kier alpha value is -0.100. The van der Waals surface area contributed by atoms with Gasteiger partial charge in [-0.2, -0.15) is 0 Å². The topological polar surface area (TPSA) is 17.1 Å². The number of rotatable bonds is 2. The van der Waals surface area contributed by atoms with Gasteiger partial charge in [-0.3, -0.25) is 4.79 Å². The lowest BCUT2D eigenvalue weighted by molar-refractivity contribution is 0.112. The van der Waals surface area contributed by atoms with Crippen molar-refractivity contribution in [1.29, 1.82) is 0 Å². The van der Waals surface area contributed by atoms with Crippen LogP contribution in [0.2, 0.25) is 0 Å². The predicted molar refractivity (Wildman–Crippen MR) is 56.3 cm³/mol. The smallest absolute Gasteiger partial charge is 0.151 e. The summed E-state index contributed by atoms with van der Waals surface area (Å²) in [5, 5.41) is 0. The van der Waals surface area contributed by atoms with Crippen LogP contribution >= 0.6 is 34.4 Å². The van der Waals surface area contributed by atoms with Gasteiger partial charge in [0, 0.05) is 10.5 Å². The molecule has 1 rings (SSSR count). The van der Waals surface area contributed by atoms with Gasteiger partial charge in [0.05, 0.1) is 3.57 Å². The monoisotopic (exact) mass is 296 g/mol. The molecule has 0 aliphatic rings. The molecule has 0 saturated carbocycles. The normalized spacial score (nSPS) is 9.92. The van der Waals surface area contributed by atoms with Crippen molar-refractivity contribution in [2.24, 2.45) is 0 Å². The lowest BCUT2D eigenvalue weighted by Gasteiger charge is -2.02. The van der Waals surface area contributed by atoms with Gasteiger partial charge >= 0.3 is 0 Å². The van der Waals surface area contributed by atoms with Crippen LogP contribution in [-0.2, 0) is 0 Å². The largest absolute Gasteiger partial charge is 0.298 e. The molecule has 0 fully saturated rings. The molecule has 0 saturated heterocycles. The maximum Gasteiger partial charge on any atom is 0.151 e. The fourth-order valence-electron chi connectivity index (χ4n) is 0.795. The third-order valence-electron chi connectivity index (χ3n) is 1.42. The SMILES string of the molecule is CSc1ccc(C=O)c(I)c1F. The molecule has 12 heavy (non-hydrogen) atoms. The number of carbonyl (C=O) groups excluding carboxylic acids is 1. The minimum atomic E-state index is -0.298. The standard InChI is InChI=1S/C8H6FIOS/c1-12-6-3-2-5(4-11)8(10)7(6)9/h2-4H,1H3. The highest BCUT2D eigenvalue weighted by Gasteiger charge is 2.09. The molecule has 0 atom stereocenters. The Balaban J connectivity index is 3.29. The Bertz CT molecular complexity index is 314. The van der Waals surface area contributed by atoms with Crippen LogP contribution < -0.4 is 0 Å². The van der Waals surface area contributed by atoms with Crippen LogP contribution in [0.4, 0.5) is 4.39 Å². The maximum absolute atomic E-state index is 13.3. The second kappa shape index (κ2) is 4.23. The lowest BCUT2D eigenvalue weighted by Crippen LogP contribution is -1.92. The molecular weight excluding hydrogens is 290 g/mol. The van der Waals surface area contributed by atoms with E-state index in [0.717, 1.165) is 0 Å². The van der Waals surface area contributed by atoms with Crippen LogP contribution in [0, 0.1) is 9.39 Å². The molecule has 0 aliphatic heterocycles. The number of hydrogen-bond acceptors (Lipinski definition) is 2. The number of halogens is 2. The van der Waals surface area contributed by atoms with E-state index in [4.69, 9.17) is 0 Å². The zero-order valence-electron chi connectivity index (χ0n) is 6.30. The molecule has 0 N–H and O–H groups in total. The van der Waals surface area contributed by atoms with E-state index in [1.54, 1.807) is 18.4 Å². The number of thioether (sulfide) groups is 1. The molecule has 1 nitrogen and oxygen atoms in total. The van der Waals surface area contributed by atoms with Gasteiger partial charge in [-0.25, -0.2) is 4.39 Å². The van der Waals surface area contributed by atoms with E-state index in [9.17, 15) is 9.18 Å². The fraction of sp³-hybridized carbons (Fsp3) is 0.125. The molecule has 0 aliphatic carbocycles. The summed E-state index contributed by atoms with van der Waals surface area (Å²) in [6.45, 7) is 0. The zero-order chi connectivity index (χ0) is 9.14. The van der Waals surface area contributed by atoms with Gasteiger partial charge in [0.2, 0.25) is 0 Å². The molecule has 4 heteroatoms. The Kier molecular flexibility index (Phi) is 3.52. The molecule has 0 aromatic heterocycles. The van der Waals surface area contributed by atoms with Crippen LogP contribution in [0.3, 0.4) is 0 Å². The minimum absolute atomic E-state index is 0.298. The van der Waals surface area contributed by atoms with Gasteiger partial charge in [-0.1, -0.05) is 0 Å². The van der Waals surface area contributed by atoms with Crippen molar-refractivity contribution >= 4 is 40.6 Å². The van der Waals surface area contributed by atoms with Crippen molar-refractivity contribution in [2.45, 2.75) is 4.90 Å². The number of benzene rings is 1. The van der Waals surface area contributed by atoms with E-state index in [2.05, 4.69) is 0 Å². The molecule has 0 bridgehead atoms. The highest BCUT2D eigenvalue weighted by atomic mass is 127. The summed E-state index contributed by atoms with van der Waals surface area (Å²) >= 11 is 3.17. The van der Waals surface area contributed by atoms with E-state index < -0.39 is 0 Å².